The van der Waals surface area contributed by atoms with Gasteiger partial charge in [0.05, 0.1) is 12.2 Å². The first-order valence-electron chi connectivity index (χ1n) is 10.2. The molecule has 2 aliphatic rings. The van der Waals surface area contributed by atoms with Crippen LogP contribution in [0.25, 0.3) is 11.6 Å². The molecule has 0 unspecified atom stereocenters. The van der Waals surface area contributed by atoms with Gasteiger partial charge in [0, 0.05) is 42.7 Å². The number of rotatable bonds is 4. The third-order valence-electron chi connectivity index (χ3n) is 5.42. The Hall–Kier alpha value is -4.14. The van der Waals surface area contributed by atoms with Crippen LogP contribution in [0.1, 0.15) is 27.2 Å². The molecule has 0 spiro atoms. The maximum atomic E-state index is 15.8. The van der Waals surface area contributed by atoms with Crippen LogP contribution >= 0.6 is 0 Å². The van der Waals surface area contributed by atoms with Gasteiger partial charge in [-0.25, -0.2) is 9.37 Å². The average Bonchev–Trinajstić information content (AvgIpc) is 3.32. The van der Waals surface area contributed by atoms with Crippen LogP contribution in [0, 0.1) is 12.7 Å². The van der Waals surface area contributed by atoms with Crippen molar-refractivity contribution in [1.82, 2.24) is 15.0 Å². The van der Waals surface area contributed by atoms with E-state index in [0.717, 1.165) is 16.9 Å². The van der Waals surface area contributed by atoms with Gasteiger partial charge in [0.25, 0.3) is 5.91 Å². The number of fused-ring (bicyclic) bond motifs is 3. The van der Waals surface area contributed by atoms with E-state index in [1.165, 1.54) is 6.20 Å². The van der Waals surface area contributed by atoms with Gasteiger partial charge < -0.3 is 15.5 Å². The Bertz CT molecular complexity index is 1290. The van der Waals surface area contributed by atoms with Crippen LogP contribution in [0.5, 0.6) is 0 Å². The van der Waals surface area contributed by atoms with Gasteiger partial charge >= 0.3 is 0 Å². The molecule has 9 heteroatoms. The lowest BCUT2D eigenvalue weighted by Crippen LogP contribution is -2.33. The molecule has 0 aliphatic carbocycles. The van der Waals surface area contributed by atoms with Crippen LogP contribution in [0.4, 0.5) is 21.8 Å². The topological polar surface area (TPSA) is 95.4 Å². The summed E-state index contributed by atoms with van der Waals surface area (Å²) in [6.45, 7) is 3.07. The molecule has 1 amide bonds. The van der Waals surface area contributed by atoms with E-state index in [0.29, 0.717) is 36.0 Å². The van der Waals surface area contributed by atoms with E-state index in [4.69, 9.17) is 0 Å². The zero-order valence-corrected chi connectivity index (χ0v) is 17.6. The fourth-order valence-electron chi connectivity index (χ4n) is 3.89. The number of benzene rings is 1. The van der Waals surface area contributed by atoms with E-state index in [9.17, 15) is 4.79 Å². The largest absolute Gasteiger partial charge is 0.357 e. The Morgan fingerprint density at radius 1 is 1.19 bits per heavy atom. The van der Waals surface area contributed by atoms with Crippen LogP contribution in [-0.2, 0) is 0 Å². The van der Waals surface area contributed by atoms with Crippen molar-refractivity contribution in [2.75, 3.05) is 35.7 Å². The number of aromatic nitrogens is 3. The van der Waals surface area contributed by atoms with Gasteiger partial charge in [0.15, 0.2) is 5.82 Å². The molecule has 0 saturated heterocycles. The molecular formula is C23H20FN7O. The minimum atomic E-state index is -0.522. The van der Waals surface area contributed by atoms with E-state index < -0.39 is 11.7 Å². The third-order valence-corrected chi connectivity index (χ3v) is 5.42. The fraction of sp³-hybridized carbons (Fsp3) is 0.174. The van der Waals surface area contributed by atoms with E-state index in [2.05, 4.69) is 30.6 Å². The summed E-state index contributed by atoms with van der Waals surface area (Å²) in [6.07, 6.45) is 5.08. The highest BCUT2D eigenvalue weighted by Gasteiger charge is 2.32. The number of aryl methyl sites for hydroxylation is 1. The van der Waals surface area contributed by atoms with E-state index in [1.807, 2.05) is 17.9 Å². The summed E-state index contributed by atoms with van der Waals surface area (Å²) >= 11 is 0. The standard InChI is InChI=1S/C23H20FN7O/c1-13-6-7-16(29-22(32)17-5-3-4-8-26-17)19(24)18(13)15-11-14-12-28-23(25-2)30-20(14)31-10-9-27-21(15)31/h3-8,11-12H,9-10H2,1-2H3,(H,29,32)(H,25,28,30). The summed E-state index contributed by atoms with van der Waals surface area (Å²) in [5.41, 5.74) is 2.83. The number of aliphatic imine (C=N–C) groups is 1. The van der Waals surface area contributed by atoms with Crippen molar-refractivity contribution in [3.05, 3.63) is 70.9 Å². The first kappa shape index (κ1) is 19.8. The number of halogens is 1. The molecule has 2 N–H and O–H groups in total. The second-order valence-electron chi connectivity index (χ2n) is 7.43. The van der Waals surface area contributed by atoms with Gasteiger partial charge in [-0.1, -0.05) is 12.1 Å². The van der Waals surface area contributed by atoms with Gasteiger partial charge in [0.1, 0.15) is 17.3 Å². The number of pyridine rings is 1. The number of carbonyl (C=O) groups excluding carboxylic acids is 1. The highest BCUT2D eigenvalue weighted by Crippen LogP contribution is 2.38. The van der Waals surface area contributed by atoms with Gasteiger partial charge in [-0.05, 0) is 36.8 Å². The zero-order valence-electron chi connectivity index (χ0n) is 17.6. The van der Waals surface area contributed by atoms with Crippen LogP contribution in [0.2, 0.25) is 0 Å². The van der Waals surface area contributed by atoms with Crippen molar-refractivity contribution in [3.63, 3.8) is 0 Å². The molecule has 0 atom stereocenters. The van der Waals surface area contributed by atoms with E-state index in [-0.39, 0.29) is 11.4 Å². The Morgan fingerprint density at radius 3 is 2.84 bits per heavy atom. The molecule has 4 heterocycles. The van der Waals surface area contributed by atoms with Crippen molar-refractivity contribution in [3.8, 4) is 0 Å². The lowest BCUT2D eigenvalue weighted by Gasteiger charge is -2.28. The zero-order chi connectivity index (χ0) is 22.2. The van der Waals surface area contributed by atoms with Crippen molar-refractivity contribution < 1.29 is 9.18 Å². The molecule has 0 radical (unpaired) electrons. The Morgan fingerprint density at radius 2 is 2.06 bits per heavy atom. The molecule has 2 aromatic heterocycles. The molecule has 32 heavy (non-hydrogen) atoms. The number of hydrogen-bond donors (Lipinski definition) is 2. The van der Waals surface area contributed by atoms with E-state index >= 15 is 4.39 Å². The predicted molar refractivity (Wildman–Crippen MR) is 122 cm³/mol. The quantitative estimate of drug-likeness (QED) is 0.660. The molecule has 0 saturated carbocycles. The SMILES string of the molecule is CNc1ncc2c(n1)N1CCN=C1C(c1c(C)ccc(NC(=O)c3ccccn3)c1F)=C2. The summed E-state index contributed by atoms with van der Waals surface area (Å²) in [7, 11) is 1.76. The molecule has 5 rings (SSSR count). The lowest BCUT2D eigenvalue weighted by molar-refractivity contribution is 0.102. The lowest BCUT2D eigenvalue weighted by atomic mass is 9.94. The van der Waals surface area contributed by atoms with Gasteiger partial charge in [-0.3, -0.25) is 14.8 Å². The summed E-state index contributed by atoms with van der Waals surface area (Å²) in [5.74, 6) is 0.908. The molecule has 0 bridgehead atoms. The van der Waals surface area contributed by atoms with Crippen LogP contribution < -0.4 is 15.5 Å². The van der Waals surface area contributed by atoms with Gasteiger partial charge in [-0.15, -0.1) is 0 Å². The summed E-state index contributed by atoms with van der Waals surface area (Å²) in [4.78, 5) is 32.0. The fourth-order valence-corrected chi connectivity index (χ4v) is 3.89. The van der Waals surface area contributed by atoms with Gasteiger partial charge in [0.2, 0.25) is 5.95 Å². The number of hydrogen-bond acceptors (Lipinski definition) is 7. The summed E-state index contributed by atoms with van der Waals surface area (Å²) in [5, 5.41) is 5.58. The highest BCUT2D eigenvalue weighted by molar-refractivity contribution is 6.36. The highest BCUT2D eigenvalue weighted by atomic mass is 19.1. The Labute approximate surface area is 184 Å². The molecule has 0 fully saturated rings. The van der Waals surface area contributed by atoms with Crippen molar-refractivity contribution >= 4 is 40.8 Å². The predicted octanol–water partition coefficient (Wildman–Crippen LogP) is 3.39. The third kappa shape index (κ3) is 3.27. The van der Waals surface area contributed by atoms with Crippen molar-refractivity contribution in [2.24, 2.45) is 4.99 Å². The molecule has 8 nitrogen and oxygen atoms in total. The number of carbonyl (C=O) groups is 1. The second kappa shape index (κ2) is 7.84. The van der Waals surface area contributed by atoms with Crippen molar-refractivity contribution in [1.29, 1.82) is 0 Å². The first-order valence-corrected chi connectivity index (χ1v) is 10.2. The summed E-state index contributed by atoms with van der Waals surface area (Å²) < 4.78 is 15.8. The maximum absolute atomic E-state index is 15.8. The number of amidine groups is 1. The minimum absolute atomic E-state index is 0.0832. The summed E-state index contributed by atoms with van der Waals surface area (Å²) in [6, 6.07) is 8.34. The number of nitrogens with one attached hydrogen (secondary N) is 2. The first-order chi connectivity index (χ1) is 15.6. The second-order valence-corrected chi connectivity index (χ2v) is 7.43. The monoisotopic (exact) mass is 429 g/mol. The number of nitrogens with zero attached hydrogens (tertiary/aromatic N) is 5. The Balaban J connectivity index is 1.59. The Kier molecular flexibility index (Phi) is 4.85. The minimum Gasteiger partial charge on any atom is -0.357 e. The van der Waals surface area contributed by atoms with Crippen LogP contribution in [0.3, 0.4) is 0 Å². The average molecular weight is 429 g/mol. The molecule has 2 aliphatic heterocycles. The van der Waals surface area contributed by atoms with Crippen molar-refractivity contribution in [2.45, 2.75) is 6.92 Å². The molecule has 160 valence electrons. The maximum Gasteiger partial charge on any atom is 0.274 e. The van der Waals surface area contributed by atoms with Crippen LogP contribution in [-0.4, -0.2) is 46.8 Å². The number of amides is 1. The normalized spacial score (nSPS) is 14.3. The smallest absolute Gasteiger partial charge is 0.274 e. The van der Waals surface area contributed by atoms with Crippen LogP contribution in [0.15, 0.2) is 47.7 Å². The molecule has 1 aromatic carbocycles. The number of anilines is 3. The molecule has 3 aromatic rings. The molecular weight excluding hydrogens is 409 g/mol. The van der Waals surface area contributed by atoms with E-state index in [1.54, 1.807) is 43.6 Å². The van der Waals surface area contributed by atoms with Gasteiger partial charge in [-0.2, -0.15) is 4.98 Å².